The van der Waals surface area contributed by atoms with Crippen LogP contribution in [-0.2, 0) is 16.1 Å². The fraction of sp³-hybridized carbons (Fsp3) is 0.238. The SMILES string of the molecule is COc1ccc(C(=O)COC(=O)CSc2nnc(C)n2Cc2ccccc2)cc1. The van der Waals surface area contributed by atoms with Gasteiger partial charge in [-0.15, -0.1) is 10.2 Å². The number of nitrogens with zero attached hydrogens (tertiary/aromatic N) is 3. The molecule has 0 saturated heterocycles. The predicted molar refractivity (Wildman–Crippen MR) is 109 cm³/mol. The van der Waals surface area contributed by atoms with E-state index in [1.807, 2.05) is 41.8 Å². The van der Waals surface area contributed by atoms with Crippen molar-refractivity contribution in [3.8, 4) is 5.75 Å². The molecule has 8 heteroatoms. The van der Waals surface area contributed by atoms with Crippen LogP contribution in [0.4, 0.5) is 0 Å². The maximum absolute atomic E-state index is 12.1. The third-order valence-electron chi connectivity index (χ3n) is 4.18. The molecule has 0 aliphatic rings. The molecule has 0 N–H and O–H groups in total. The molecule has 0 radical (unpaired) electrons. The van der Waals surface area contributed by atoms with Crippen LogP contribution in [0.2, 0.25) is 0 Å². The first-order chi connectivity index (χ1) is 14.1. The van der Waals surface area contributed by atoms with Crippen LogP contribution in [0.25, 0.3) is 0 Å². The third kappa shape index (κ3) is 5.68. The van der Waals surface area contributed by atoms with Crippen molar-refractivity contribution in [2.45, 2.75) is 18.6 Å². The van der Waals surface area contributed by atoms with E-state index in [9.17, 15) is 9.59 Å². The maximum Gasteiger partial charge on any atom is 0.316 e. The van der Waals surface area contributed by atoms with Crippen LogP contribution in [-0.4, -0.2) is 46.0 Å². The fourth-order valence-electron chi connectivity index (χ4n) is 2.59. The van der Waals surface area contributed by atoms with Gasteiger partial charge >= 0.3 is 5.97 Å². The summed E-state index contributed by atoms with van der Waals surface area (Å²) in [5.74, 6) is 0.713. The Bertz CT molecular complexity index is 971. The molecule has 0 aliphatic heterocycles. The van der Waals surface area contributed by atoms with E-state index in [2.05, 4.69) is 10.2 Å². The van der Waals surface area contributed by atoms with Crippen molar-refractivity contribution < 1.29 is 19.1 Å². The Balaban J connectivity index is 1.51. The van der Waals surface area contributed by atoms with Gasteiger partial charge in [0.25, 0.3) is 0 Å². The second-order valence-corrected chi connectivity index (χ2v) is 7.15. The summed E-state index contributed by atoms with van der Waals surface area (Å²) in [5, 5.41) is 8.86. The van der Waals surface area contributed by atoms with E-state index in [4.69, 9.17) is 9.47 Å². The Hall–Kier alpha value is -3.13. The number of carbonyl (C=O) groups is 2. The normalized spacial score (nSPS) is 10.6. The molecular formula is C21H21N3O4S. The molecule has 0 bridgehead atoms. The van der Waals surface area contributed by atoms with Crippen molar-refractivity contribution in [2.75, 3.05) is 19.5 Å². The number of aromatic nitrogens is 3. The van der Waals surface area contributed by atoms with E-state index < -0.39 is 5.97 Å². The lowest BCUT2D eigenvalue weighted by Crippen LogP contribution is -2.16. The molecule has 3 rings (SSSR count). The smallest absolute Gasteiger partial charge is 0.316 e. The number of carbonyl (C=O) groups excluding carboxylic acids is 2. The Morgan fingerprint density at radius 3 is 2.45 bits per heavy atom. The Kier molecular flexibility index (Phi) is 7.02. The molecule has 2 aromatic carbocycles. The molecule has 1 heterocycles. The minimum atomic E-state index is -0.483. The van der Waals surface area contributed by atoms with Crippen LogP contribution in [0.15, 0.2) is 59.8 Å². The second-order valence-electron chi connectivity index (χ2n) is 6.20. The first-order valence-corrected chi connectivity index (χ1v) is 9.95. The number of rotatable bonds is 9. The van der Waals surface area contributed by atoms with Crippen molar-refractivity contribution in [1.82, 2.24) is 14.8 Å². The number of methoxy groups -OCH3 is 1. The van der Waals surface area contributed by atoms with Crippen molar-refractivity contribution in [2.24, 2.45) is 0 Å². The van der Waals surface area contributed by atoms with Gasteiger partial charge in [0, 0.05) is 5.56 Å². The summed E-state index contributed by atoms with van der Waals surface area (Å²) in [6.07, 6.45) is 0. The van der Waals surface area contributed by atoms with Gasteiger partial charge in [-0.05, 0) is 36.8 Å². The summed E-state index contributed by atoms with van der Waals surface area (Å²) in [7, 11) is 1.55. The molecular weight excluding hydrogens is 390 g/mol. The van der Waals surface area contributed by atoms with Gasteiger partial charge in [0.1, 0.15) is 11.6 Å². The minimum Gasteiger partial charge on any atom is -0.497 e. The molecule has 0 atom stereocenters. The van der Waals surface area contributed by atoms with Gasteiger partial charge in [-0.3, -0.25) is 9.59 Å². The molecule has 0 unspecified atom stereocenters. The van der Waals surface area contributed by atoms with Crippen molar-refractivity contribution in [3.05, 3.63) is 71.5 Å². The first-order valence-electron chi connectivity index (χ1n) is 8.96. The second kappa shape index (κ2) is 9.88. The number of esters is 1. The van der Waals surface area contributed by atoms with Crippen molar-refractivity contribution >= 4 is 23.5 Å². The molecule has 0 saturated carbocycles. The van der Waals surface area contributed by atoms with Gasteiger partial charge in [0.05, 0.1) is 19.4 Å². The van der Waals surface area contributed by atoms with Gasteiger partial charge in [-0.1, -0.05) is 42.1 Å². The topological polar surface area (TPSA) is 83.3 Å². The number of hydrogen-bond acceptors (Lipinski definition) is 7. The lowest BCUT2D eigenvalue weighted by Gasteiger charge is -2.08. The standard InChI is InChI=1S/C21H21N3O4S/c1-15-22-23-21(24(15)12-16-6-4-3-5-7-16)29-14-20(26)28-13-19(25)17-8-10-18(27-2)11-9-17/h3-11H,12-14H2,1-2H3. The average Bonchev–Trinajstić information content (AvgIpc) is 3.10. The van der Waals surface area contributed by atoms with Crippen LogP contribution in [0, 0.1) is 6.92 Å². The number of Topliss-reactive ketones (excluding diaryl/α,β-unsaturated/α-hetero) is 1. The highest BCUT2D eigenvalue weighted by Gasteiger charge is 2.14. The van der Waals surface area contributed by atoms with Crippen molar-refractivity contribution in [1.29, 1.82) is 0 Å². The minimum absolute atomic E-state index is 0.0445. The van der Waals surface area contributed by atoms with E-state index in [0.717, 1.165) is 11.4 Å². The first kappa shape index (κ1) is 20.6. The third-order valence-corrected chi connectivity index (χ3v) is 5.12. The fourth-order valence-corrected chi connectivity index (χ4v) is 3.37. The summed E-state index contributed by atoms with van der Waals surface area (Å²) < 4.78 is 12.1. The summed E-state index contributed by atoms with van der Waals surface area (Å²) >= 11 is 1.23. The van der Waals surface area contributed by atoms with Gasteiger partial charge in [0.2, 0.25) is 0 Å². The Morgan fingerprint density at radius 2 is 1.76 bits per heavy atom. The summed E-state index contributed by atoms with van der Waals surface area (Å²) in [4.78, 5) is 24.2. The molecule has 29 heavy (non-hydrogen) atoms. The molecule has 0 spiro atoms. The van der Waals surface area contributed by atoms with E-state index in [-0.39, 0.29) is 18.1 Å². The highest BCUT2D eigenvalue weighted by atomic mass is 32.2. The highest BCUT2D eigenvalue weighted by Crippen LogP contribution is 2.19. The van der Waals surface area contributed by atoms with Crippen LogP contribution >= 0.6 is 11.8 Å². The number of hydrogen-bond donors (Lipinski definition) is 0. The van der Waals surface area contributed by atoms with E-state index >= 15 is 0 Å². The molecule has 1 aromatic heterocycles. The number of ketones is 1. The van der Waals surface area contributed by atoms with E-state index in [0.29, 0.717) is 23.0 Å². The van der Waals surface area contributed by atoms with Crippen LogP contribution in [0.3, 0.4) is 0 Å². The number of benzene rings is 2. The zero-order valence-corrected chi connectivity index (χ0v) is 17.0. The van der Waals surface area contributed by atoms with E-state index in [1.54, 1.807) is 31.4 Å². The zero-order valence-electron chi connectivity index (χ0n) is 16.2. The van der Waals surface area contributed by atoms with Gasteiger partial charge in [-0.25, -0.2) is 0 Å². The molecule has 150 valence electrons. The maximum atomic E-state index is 12.1. The monoisotopic (exact) mass is 411 g/mol. The largest absolute Gasteiger partial charge is 0.497 e. The van der Waals surface area contributed by atoms with Crippen LogP contribution < -0.4 is 4.74 Å². The molecule has 0 amide bonds. The zero-order chi connectivity index (χ0) is 20.6. The lowest BCUT2D eigenvalue weighted by atomic mass is 10.1. The van der Waals surface area contributed by atoms with Gasteiger partial charge < -0.3 is 14.0 Å². The van der Waals surface area contributed by atoms with Crippen LogP contribution in [0.1, 0.15) is 21.7 Å². The quantitative estimate of drug-likeness (QED) is 0.304. The number of ether oxygens (including phenoxy) is 2. The molecule has 0 aliphatic carbocycles. The number of aryl methyl sites for hydroxylation is 1. The number of thioether (sulfide) groups is 1. The highest BCUT2D eigenvalue weighted by molar-refractivity contribution is 7.99. The Morgan fingerprint density at radius 1 is 1.03 bits per heavy atom. The summed E-state index contributed by atoms with van der Waals surface area (Å²) in [5.41, 5.74) is 1.58. The summed E-state index contributed by atoms with van der Waals surface area (Å²) in [6, 6.07) is 16.6. The van der Waals surface area contributed by atoms with E-state index in [1.165, 1.54) is 11.8 Å². The van der Waals surface area contributed by atoms with Gasteiger partial charge in [0.15, 0.2) is 17.5 Å². The molecule has 7 nitrogen and oxygen atoms in total. The van der Waals surface area contributed by atoms with Crippen molar-refractivity contribution in [3.63, 3.8) is 0 Å². The molecule has 3 aromatic rings. The van der Waals surface area contributed by atoms with Crippen LogP contribution in [0.5, 0.6) is 5.75 Å². The molecule has 0 fully saturated rings. The lowest BCUT2D eigenvalue weighted by molar-refractivity contribution is -0.139. The average molecular weight is 411 g/mol. The summed E-state index contributed by atoms with van der Waals surface area (Å²) in [6.45, 7) is 2.18. The Labute approximate surface area is 173 Å². The van der Waals surface area contributed by atoms with Gasteiger partial charge in [-0.2, -0.15) is 0 Å². The predicted octanol–water partition coefficient (Wildman–Crippen LogP) is 3.16.